The molecule has 0 aromatic carbocycles. The first-order valence-corrected chi connectivity index (χ1v) is 4.03. The smallest absolute Gasteiger partial charge is 0.0835 e. The third-order valence-electron chi connectivity index (χ3n) is 2.07. The number of rotatable bonds is 3. The molecule has 0 radical (unpaired) electrons. The summed E-state index contributed by atoms with van der Waals surface area (Å²) >= 11 is 0. The predicted octanol–water partition coefficient (Wildman–Crippen LogP) is 0.111. The van der Waals surface area contributed by atoms with E-state index in [0.29, 0.717) is 13.0 Å². The van der Waals surface area contributed by atoms with Crippen LogP contribution in [0.4, 0.5) is 0 Å². The van der Waals surface area contributed by atoms with E-state index in [1.165, 1.54) is 0 Å². The van der Waals surface area contributed by atoms with E-state index < -0.39 is 6.10 Å². The van der Waals surface area contributed by atoms with Crippen molar-refractivity contribution in [1.82, 2.24) is 9.78 Å². The number of aromatic nitrogens is 2. The Morgan fingerprint density at radius 3 is 2.83 bits per heavy atom. The zero-order valence-electron chi connectivity index (χ0n) is 7.49. The maximum atomic E-state index is 9.58. The molecule has 1 aromatic heterocycles. The van der Waals surface area contributed by atoms with Gasteiger partial charge in [0.15, 0.2) is 0 Å². The number of hydrogen-bond acceptors (Lipinski definition) is 3. The fourth-order valence-corrected chi connectivity index (χ4v) is 1.16. The van der Waals surface area contributed by atoms with Gasteiger partial charge in [0.2, 0.25) is 0 Å². The second-order valence-corrected chi connectivity index (χ2v) is 2.90. The van der Waals surface area contributed by atoms with Crippen LogP contribution in [-0.2, 0) is 7.05 Å². The fourth-order valence-electron chi connectivity index (χ4n) is 1.16. The van der Waals surface area contributed by atoms with Crippen LogP contribution in [0.3, 0.4) is 0 Å². The molecular formula is C8H15N3O. The second-order valence-electron chi connectivity index (χ2n) is 2.90. The van der Waals surface area contributed by atoms with Gasteiger partial charge in [-0.15, -0.1) is 0 Å². The van der Waals surface area contributed by atoms with Gasteiger partial charge in [-0.25, -0.2) is 0 Å². The molecule has 1 unspecified atom stereocenters. The number of nitrogens with zero attached hydrogens (tertiary/aromatic N) is 2. The van der Waals surface area contributed by atoms with Gasteiger partial charge in [0, 0.05) is 18.3 Å². The minimum atomic E-state index is -0.469. The number of aliphatic hydroxyl groups excluding tert-OH is 1. The normalized spacial score (nSPS) is 13.3. The molecule has 1 aromatic rings. The van der Waals surface area contributed by atoms with E-state index in [0.717, 1.165) is 11.3 Å². The standard InChI is InChI=1S/C8H15N3O/c1-6-7(5-10-11(6)2)8(12)3-4-9/h5,8,12H,3-4,9H2,1-2H3. The highest BCUT2D eigenvalue weighted by molar-refractivity contribution is 5.18. The molecule has 0 amide bonds. The summed E-state index contributed by atoms with van der Waals surface area (Å²) in [5.41, 5.74) is 7.21. The molecule has 0 bridgehead atoms. The number of aliphatic hydroxyl groups is 1. The Morgan fingerprint density at radius 1 is 1.75 bits per heavy atom. The highest BCUT2D eigenvalue weighted by atomic mass is 16.3. The van der Waals surface area contributed by atoms with E-state index in [1.54, 1.807) is 10.9 Å². The third-order valence-corrected chi connectivity index (χ3v) is 2.07. The molecule has 0 aliphatic heterocycles. The summed E-state index contributed by atoms with van der Waals surface area (Å²) in [5.74, 6) is 0. The number of hydrogen-bond donors (Lipinski definition) is 2. The maximum absolute atomic E-state index is 9.58. The van der Waals surface area contributed by atoms with Crippen molar-refractivity contribution in [2.45, 2.75) is 19.4 Å². The lowest BCUT2D eigenvalue weighted by Gasteiger charge is -2.07. The maximum Gasteiger partial charge on any atom is 0.0835 e. The fraction of sp³-hybridized carbons (Fsp3) is 0.625. The van der Waals surface area contributed by atoms with Gasteiger partial charge in [-0.05, 0) is 19.9 Å². The molecule has 0 saturated carbocycles. The van der Waals surface area contributed by atoms with Gasteiger partial charge >= 0.3 is 0 Å². The molecule has 4 heteroatoms. The minimum absolute atomic E-state index is 0.469. The van der Waals surface area contributed by atoms with E-state index in [4.69, 9.17) is 5.73 Å². The Hall–Kier alpha value is -0.870. The van der Waals surface area contributed by atoms with Crippen LogP contribution in [0.25, 0.3) is 0 Å². The Morgan fingerprint density at radius 2 is 2.42 bits per heavy atom. The zero-order chi connectivity index (χ0) is 9.14. The van der Waals surface area contributed by atoms with Gasteiger partial charge in [0.25, 0.3) is 0 Å². The van der Waals surface area contributed by atoms with Crippen LogP contribution >= 0.6 is 0 Å². The van der Waals surface area contributed by atoms with E-state index in [1.807, 2.05) is 14.0 Å². The topological polar surface area (TPSA) is 64.1 Å². The van der Waals surface area contributed by atoms with Crippen molar-refractivity contribution in [2.75, 3.05) is 6.54 Å². The van der Waals surface area contributed by atoms with E-state index >= 15 is 0 Å². The van der Waals surface area contributed by atoms with Crippen molar-refractivity contribution >= 4 is 0 Å². The molecule has 0 aliphatic rings. The number of aryl methyl sites for hydroxylation is 1. The lowest BCUT2D eigenvalue weighted by molar-refractivity contribution is 0.169. The summed E-state index contributed by atoms with van der Waals surface area (Å²) in [4.78, 5) is 0. The Kier molecular flexibility index (Phi) is 2.83. The van der Waals surface area contributed by atoms with Crippen molar-refractivity contribution in [3.63, 3.8) is 0 Å². The summed E-state index contributed by atoms with van der Waals surface area (Å²) in [7, 11) is 1.86. The van der Waals surface area contributed by atoms with Gasteiger partial charge < -0.3 is 10.8 Å². The van der Waals surface area contributed by atoms with E-state index in [2.05, 4.69) is 5.10 Å². The molecule has 1 atom stereocenters. The largest absolute Gasteiger partial charge is 0.388 e. The lowest BCUT2D eigenvalue weighted by Crippen LogP contribution is -2.07. The summed E-state index contributed by atoms with van der Waals surface area (Å²) < 4.78 is 1.75. The first kappa shape index (κ1) is 9.22. The third kappa shape index (κ3) is 1.65. The minimum Gasteiger partial charge on any atom is -0.388 e. The summed E-state index contributed by atoms with van der Waals surface area (Å²) in [6, 6.07) is 0. The summed E-state index contributed by atoms with van der Waals surface area (Å²) in [6.45, 7) is 2.43. The van der Waals surface area contributed by atoms with Crippen LogP contribution in [0.1, 0.15) is 23.8 Å². The average Bonchev–Trinajstić information content (AvgIpc) is 2.34. The molecule has 0 saturated heterocycles. The van der Waals surface area contributed by atoms with E-state index in [9.17, 15) is 5.11 Å². The monoisotopic (exact) mass is 169 g/mol. The van der Waals surface area contributed by atoms with Crippen LogP contribution in [-0.4, -0.2) is 21.4 Å². The highest BCUT2D eigenvalue weighted by Crippen LogP contribution is 2.18. The van der Waals surface area contributed by atoms with Crippen molar-refractivity contribution < 1.29 is 5.11 Å². The average molecular weight is 169 g/mol. The lowest BCUT2D eigenvalue weighted by atomic mass is 10.1. The Labute approximate surface area is 72.0 Å². The first-order valence-electron chi connectivity index (χ1n) is 4.03. The van der Waals surface area contributed by atoms with Gasteiger partial charge in [-0.2, -0.15) is 5.10 Å². The molecule has 1 rings (SSSR count). The molecule has 1 heterocycles. The van der Waals surface area contributed by atoms with Crippen molar-refractivity contribution in [1.29, 1.82) is 0 Å². The van der Waals surface area contributed by atoms with Gasteiger partial charge in [0.05, 0.1) is 12.3 Å². The SMILES string of the molecule is Cc1c(C(O)CCN)cnn1C. The van der Waals surface area contributed by atoms with Crippen LogP contribution < -0.4 is 5.73 Å². The molecular weight excluding hydrogens is 154 g/mol. The predicted molar refractivity (Wildman–Crippen MR) is 46.6 cm³/mol. The van der Waals surface area contributed by atoms with Gasteiger partial charge in [-0.1, -0.05) is 0 Å². The molecule has 68 valence electrons. The van der Waals surface area contributed by atoms with Gasteiger partial charge in [-0.3, -0.25) is 4.68 Å². The van der Waals surface area contributed by atoms with Gasteiger partial charge in [0.1, 0.15) is 0 Å². The van der Waals surface area contributed by atoms with Crippen LogP contribution in [0.2, 0.25) is 0 Å². The molecule has 4 nitrogen and oxygen atoms in total. The van der Waals surface area contributed by atoms with Crippen LogP contribution in [0, 0.1) is 6.92 Å². The molecule has 0 spiro atoms. The van der Waals surface area contributed by atoms with Crippen molar-refractivity contribution in [3.05, 3.63) is 17.5 Å². The van der Waals surface area contributed by atoms with Crippen molar-refractivity contribution in [3.8, 4) is 0 Å². The van der Waals surface area contributed by atoms with Crippen LogP contribution in [0.5, 0.6) is 0 Å². The zero-order valence-corrected chi connectivity index (χ0v) is 7.49. The Bertz CT molecular complexity index is 257. The van der Waals surface area contributed by atoms with E-state index in [-0.39, 0.29) is 0 Å². The molecule has 3 N–H and O–H groups in total. The summed E-state index contributed by atoms with van der Waals surface area (Å²) in [5, 5.41) is 13.6. The van der Waals surface area contributed by atoms with Crippen LogP contribution in [0.15, 0.2) is 6.20 Å². The molecule has 0 aliphatic carbocycles. The molecule has 12 heavy (non-hydrogen) atoms. The highest BCUT2D eigenvalue weighted by Gasteiger charge is 2.12. The molecule has 0 fully saturated rings. The Balaban J connectivity index is 2.80. The first-order chi connectivity index (χ1) is 5.66. The second kappa shape index (κ2) is 3.69. The summed E-state index contributed by atoms with van der Waals surface area (Å²) in [6.07, 6.45) is 1.81. The number of nitrogens with two attached hydrogens (primary N) is 1. The quantitative estimate of drug-likeness (QED) is 0.675. The van der Waals surface area contributed by atoms with Crippen molar-refractivity contribution in [2.24, 2.45) is 12.8 Å².